The predicted octanol–water partition coefficient (Wildman–Crippen LogP) is 1.19. The molecular weight excluding hydrogens is 270 g/mol. The zero-order valence-electron chi connectivity index (χ0n) is 12.5. The molecule has 1 aliphatic rings. The number of carbonyl (C=O) groups is 1. The number of imidazole rings is 1. The van der Waals surface area contributed by atoms with Gasteiger partial charge in [-0.15, -0.1) is 0 Å². The zero-order chi connectivity index (χ0) is 15.1. The molecule has 1 N–H and O–H groups in total. The fraction of sp³-hybridized carbons (Fsp3) is 0.467. The second kappa shape index (κ2) is 5.04. The van der Waals surface area contributed by atoms with Crippen LogP contribution in [0.5, 0.6) is 0 Å². The maximum atomic E-state index is 12.7. The average Bonchev–Trinajstić information content (AvgIpc) is 2.99. The summed E-state index contributed by atoms with van der Waals surface area (Å²) in [7, 11) is 1.93. The minimum atomic E-state index is -0.227. The van der Waals surface area contributed by atoms with Gasteiger partial charge in [-0.25, -0.2) is 4.98 Å². The molecule has 3 rings (SSSR count). The van der Waals surface area contributed by atoms with Gasteiger partial charge in [-0.3, -0.25) is 4.79 Å². The number of fused-ring (bicyclic) bond motifs is 1. The Labute approximate surface area is 123 Å². The maximum absolute atomic E-state index is 12.7. The van der Waals surface area contributed by atoms with E-state index in [1.807, 2.05) is 18.5 Å². The fourth-order valence-electron chi connectivity index (χ4n) is 2.92. The van der Waals surface area contributed by atoms with Gasteiger partial charge in [0.25, 0.3) is 5.91 Å². The quantitative estimate of drug-likeness (QED) is 0.901. The highest BCUT2D eigenvalue weighted by Crippen LogP contribution is 2.25. The summed E-state index contributed by atoms with van der Waals surface area (Å²) < 4.78 is 7.39. The van der Waals surface area contributed by atoms with Crippen LogP contribution in [0.4, 0.5) is 0 Å². The first-order valence-corrected chi connectivity index (χ1v) is 6.99. The van der Waals surface area contributed by atoms with Crippen LogP contribution in [0.2, 0.25) is 0 Å². The van der Waals surface area contributed by atoms with Gasteiger partial charge in [-0.05, 0) is 19.9 Å². The van der Waals surface area contributed by atoms with Crippen molar-refractivity contribution in [2.45, 2.75) is 32.9 Å². The van der Waals surface area contributed by atoms with Crippen molar-refractivity contribution in [3.63, 3.8) is 0 Å². The highest BCUT2D eigenvalue weighted by molar-refractivity contribution is 5.95. The second-order valence-corrected chi connectivity index (χ2v) is 5.55. The first kappa shape index (κ1) is 13.9. The van der Waals surface area contributed by atoms with E-state index >= 15 is 0 Å². The summed E-state index contributed by atoms with van der Waals surface area (Å²) in [6, 6.07) is 1.52. The van der Waals surface area contributed by atoms with Crippen LogP contribution >= 0.6 is 0 Å². The van der Waals surface area contributed by atoms with Crippen molar-refractivity contribution >= 4 is 5.91 Å². The standard InChI is InChI=1S/C15H19N3O3/c1-9-4-12(10(2)21-9)15(20)18-6-13-14(5-11(18)7-19)17(3)8-16-13/h4,8,11,19H,5-7H2,1-3H3/t11-/m1/s1. The van der Waals surface area contributed by atoms with Gasteiger partial charge in [0.1, 0.15) is 11.5 Å². The summed E-state index contributed by atoms with van der Waals surface area (Å²) >= 11 is 0. The Kier molecular flexibility index (Phi) is 3.33. The number of aromatic nitrogens is 2. The summed E-state index contributed by atoms with van der Waals surface area (Å²) in [5.74, 6) is 1.22. The molecule has 6 nitrogen and oxygen atoms in total. The summed E-state index contributed by atoms with van der Waals surface area (Å²) in [5.41, 5.74) is 2.54. The van der Waals surface area contributed by atoms with Crippen LogP contribution in [0.25, 0.3) is 0 Å². The highest BCUT2D eigenvalue weighted by atomic mass is 16.3. The molecule has 112 valence electrons. The first-order valence-electron chi connectivity index (χ1n) is 6.99. The topological polar surface area (TPSA) is 71.5 Å². The van der Waals surface area contributed by atoms with Crippen molar-refractivity contribution in [3.05, 3.63) is 40.9 Å². The molecule has 2 aromatic heterocycles. The van der Waals surface area contributed by atoms with E-state index in [0.717, 1.165) is 11.4 Å². The van der Waals surface area contributed by atoms with Crippen LogP contribution in [0, 0.1) is 13.8 Å². The normalized spacial score (nSPS) is 17.9. The van der Waals surface area contributed by atoms with E-state index in [0.29, 0.717) is 30.0 Å². The molecule has 0 radical (unpaired) electrons. The van der Waals surface area contributed by atoms with Gasteiger partial charge in [-0.1, -0.05) is 0 Å². The van der Waals surface area contributed by atoms with Crippen LogP contribution in [-0.4, -0.2) is 38.1 Å². The Hall–Kier alpha value is -2.08. The molecule has 1 amide bonds. The number of hydrogen-bond donors (Lipinski definition) is 1. The zero-order valence-corrected chi connectivity index (χ0v) is 12.5. The van der Waals surface area contributed by atoms with Crippen molar-refractivity contribution in [2.24, 2.45) is 7.05 Å². The molecule has 21 heavy (non-hydrogen) atoms. The lowest BCUT2D eigenvalue weighted by Gasteiger charge is -2.34. The summed E-state index contributed by atoms with van der Waals surface area (Å²) in [6.07, 6.45) is 2.37. The number of aliphatic hydroxyl groups excluding tert-OH is 1. The van der Waals surface area contributed by atoms with Crippen LogP contribution in [0.3, 0.4) is 0 Å². The Bertz CT molecular complexity index is 686. The first-order chi connectivity index (χ1) is 10.0. The van der Waals surface area contributed by atoms with Gasteiger partial charge in [0.15, 0.2) is 0 Å². The minimum Gasteiger partial charge on any atom is -0.466 e. The molecule has 2 aromatic rings. The van der Waals surface area contributed by atoms with Crippen molar-refractivity contribution in [2.75, 3.05) is 6.61 Å². The highest BCUT2D eigenvalue weighted by Gasteiger charge is 2.33. The average molecular weight is 289 g/mol. The summed E-state index contributed by atoms with van der Waals surface area (Å²) in [6.45, 7) is 3.96. The molecule has 1 aliphatic heterocycles. The SMILES string of the molecule is Cc1cc(C(=O)N2Cc3ncn(C)c3C[C@@H]2CO)c(C)o1. The Morgan fingerprint density at radius 3 is 2.90 bits per heavy atom. The lowest BCUT2D eigenvalue weighted by molar-refractivity contribution is 0.0534. The van der Waals surface area contributed by atoms with E-state index in [1.54, 1.807) is 24.2 Å². The molecule has 1 atom stereocenters. The van der Waals surface area contributed by atoms with Crippen LogP contribution in [0.1, 0.15) is 33.3 Å². The Balaban J connectivity index is 1.94. The number of nitrogens with zero attached hydrogens (tertiary/aromatic N) is 3. The lowest BCUT2D eigenvalue weighted by atomic mass is 10.0. The second-order valence-electron chi connectivity index (χ2n) is 5.55. The number of amides is 1. The van der Waals surface area contributed by atoms with Gasteiger partial charge < -0.3 is 19.0 Å². The number of aryl methyl sites for hydroxylation is 3. The summed E-state index contributed by atoms with van der Waals surface area (Å²) in [5, 5.41) is 9.64. The third-order valence-corrected chi connectivity index (χ3v) is 4.08. The fourth-order valence-corrected chi connectivity index (χ4v) is 2.92. The van der Waals surface area contributed by atoms with Gasteiger partial charge in [0.2, 0.25) is 0 Å². The molecular formula is C15H19N3O3. The third kappa shape index (κ3) is 2.25. The molecule has 0 fully saturated rings. The van der Waals surface area contributed by atoms with Crippen LogP contribution < -0.4 is 0 Å². The van der Waals surface area contributed by atoms with Gasteiger partial charge in [0.05, 0.1) is 36.8 Å². The molecule has 0 saturated heterocycles. The molecule has 0 aliphatic carbocycles. The number of aliphatic hydroxyl groups is 1. The van der Waals surface area contributed by atoms with E-state index in [4.69, 9.17) is 4.42 Å². The van der Waals surface area contributed by atoms with Crippen LogP contribution in [0.15, 0.2) is 16.8 Å². The minimum absolute atomic E-state index is 0.0633. The van der Waals surface area contributed by atoms with Crippen molar-refractivity contribution in [3.8, 4) is 0 Å². The predicted molar refractivity (Wildman–Crippen MR) is 75.8 cm³/mol. The van der Waals surface area contributed by atoms with Gasteiger partial charge >= 0.3 is 0 Å². The van der Waals surface area contributed by atoms with Crippen molar-refractivity contribution in [1.82, 2.24) is 14.5 Å². The molecule has 0 bridgehead atoms. The Morgan fingerprint density at radius 2 is 2.29 bits per heavy atom. The van der Waals surface area contributed by atoms with Crippen LogP contribution in [-0.2, 0) is 20.0 Å². The largest absolute Gasteiger partial charge is 0.466 e. The number of furan rings is 1. The number of rotatable bonds is 2. The Morgan fingerprint density at radius 1 is 1.52 bits per heavy atom. The van der Waals surface area contributed by atoms with Crippen molar-refractivity contribution < 1.29 is 14.3 Å². The van der Waals surface area contributed by atoms with E-state index in [2.05, 4.69) is 4.98 Å². The van der Waals surface area contributed by atoms with E-state index < -0.39 is 0 Å². The molecule has 0 spiro atoms. The molecule has 0 aromatic carbocycles. The molecule has 6 heteroatoms. The van der Waals surface area contributed by atoms with E-state index in [-0.39, 0.29) is 18.6 Å². The molecule has 0 saturated carbocycles. The number of carbonyl (C=O) groups excluding carboxylic acids is 1. The molecule has 0 unspecified atom stereocenters. The number of hydrogen-bond acceptors (Lipinski definition) is 4. The summed E-state index contributed by atoms with van der Waals surface area (Å²) in [4.78, 5) is 18.8. The maximum Gasteiger partial charge on any atom is 0.258 e. The molecule has 3 heterocycles. The lowest BCUT2D eigenvalue weighted by Crippen LogP contribution is -2.46. The van der Waals surface area contributed by atoms with E-state index in [9.17, 15) is 9.90 Å². The smallest absolute Gasteiger partial charge is 0.258 e. The monoisotopic (exact) mass is 289 g/mol. The van der Waals surface area contributed by atoms with Crippen molar-refractivity contribution in [1.29, 1.82) is 0 Å². The third-order valence-electron chi connectivity index (χ3n) is 4.08. The van der Waals surface area contributed by atoms with Gasteiger partial charge in [0, 0.05) is 19.2 Å². The van der Waals surface area contributed by atoms with Gasteiger partial charge in [-0.2, -0.15) is 0 Å². The van der Waals surface area contributed by atoms with E-state index in [1.165, 1.54) is 0 Å².